The molecule has 0 bridgehead atoms. The highest BCUT2D eigenvalue weighted by Crippen LogP contribution is 2.42. The first kappa shape index (κ1) is 26.8. The highest BCUT2D eigenvalue weighted by Gasteiger charge is 2.33. The number of methoxy groups -OCH3 is 1. The van der Waals surface area contributed by atoms with Gasteiger partial charge >= 0.3 is 6.18 Å². The Morgan fingerprint density at radius 2 is 1.95 bits per heavy atom. The lowest BCUT2D eigenvalue weighted by Gasteiger charge is -2.37. The number of anilines is 1. The molecular formula is C26H27F4N3O3S. The highest BCUT2D eigenvalue weighted by molar-refractivity contribution is 7.86. The van der Waals surface area contributed by atoms with Gasteiger partial charge in [-0.1, -0.05) is 38.1 Å². The van der Waals surface area contributed by atoms with E-state index in [1.807, 2.05) is 12.1 Å². The van der Waals surface area contributed by atoms with Crippen molar-refractivity contribution < 1.29 is 31.2 Å². The van der Waals surface area contributed by atoms with E-state index in [9.17, 15) is 21.8 Å². The van der Waals surface area contributed by atoms with Gasteiger partial charge in [0, 0.05) is 23.7 Å². The van der Waals surface area contributed by atoms with Crippen molar-refractivity contribution in [1.82, 2.24) is 9.97 Å². The summed E-state index contributed by atoms with van der Waals surface area (Å²) in [5.74, 6) is -1.98. The molecule has 11 heteroatoms. The molecule has 1 aromatic carbocycles. The van der Waals surface area contributed by atoms with Crippen LogP contribution in [-0.4, -0.2) is 39.8 Å². The van der Waals surface area contributed by atoms with Crippen molar-refractivity contribution >= 4 is 16.7 Å². The first-order valence-electron chi connectivity index (χ1n) is 11.6. The van der Waals surface area contributed by atoms with E-state index in [4.69, 9.17) is 9.47 Å². The van der Waals surface area contributed by atoms with Crippen LogP contribution < -0.4 is 14.2 Å². The normalized spacial score (nSPS) is 17.5. The number of aromatic nitrogens is 2. The zero-order chi connectivity index (χ0) is 26.8. The molecule has 1 aliphatic carbocycles. The molecule has 2 aromatic heterocycles. The molecular weight excluding hydrogens is 510 g/mol. The van der Waals surface area contributed by atoms with Crippen molar-refractivity contribution in [2.45, 2.75) is 44.2 Å². The van der Waals surface area contributed by atoms with Gasteiger partial charge in [-0.25, -0.2) is 18.6 Å². The SMILES string of the molecule is COc1ncc(-c2nc(OCC3CCC(C)(C)c4ccccc43)ccc2F)cc1NS(=O)CC(F)(F)F. The number of hydrogen-bond donors (Lipinski definition) is 1. The summed E-state index contributed by atoms with van der Waals surface area (Å²) in [4.78, 5) is 8.29. The Morgan fingerprint density at radius 1 is 1.19 bits per heavy atom. The summed E-state index contributed by atoms with van der Waals surface area (Å²) >= 11 is 0. The Balaban J connectivity index is 1.55. The number of benzene rings is 1. The maximum absolute atomic E-state index is 14.7. The molecule has 6 nitrogen and oxygen atoms in total. The maximum Gasteiger partial charge on any atom is 0.402 e. The molecule has 4 rings (SSSR count). The quantitative estimate of drug-likeness (QED) is 0.348. The molecule has 2 unspecified atom stereocenters. The minimum Gasteiger partial charge on any atom is -0.480 e. The molecule has 37 heavy (non-hydrogen) atoms. The summed E-state index contributed by atoms with van der Waals surface area (Å²) in [5, 5.41) is 0. The van der Waals surface area contributed by atoms with Crippen LogP contribution >= 0.6 is 0 Å². The first-order chi connectivity index (χ1) is 17.5. The van der Waals surface area contributed by atoms with E-state index < -0.39 is 28.7 Å². The Labute approximate surface area is 215 Å². The smallest absolute Gasteiger partial charge is 0.402 e. The number of nitrogens with zero attached hydrogens (tertiary/aromatic N) is 2. The molecule has 1 N–H and O–H groups in total. The molecule has 0 fully saturated rings. The first-order valence-corrected chi connectivity index (χ1v) is 12.9. The third-order valence-electron chi connectivity index (χ3n) is 6.34. The lowest BCUT2D eigenvalue weighted by atomic mass is 9.69. The van der Waals surface area contributed by atoms with Crippen molar-refractivity contribution in [2.24, 2.45) is 0 Å². The molecule has 198 valence electrons. The summed E-state index contributed by atoms with van der Waals surface area (Å²) < 4.78 is 77.7. The van der Waals surface area contributed by atoms with Crippen LogP contribution in [0, 0.1) is 5.82 Å². The zero-order valence-corrected chi connectivity index (χ0v) is 21.4. The monoisotopic (exact) mass is 537 g/mol. The Hall–Kier alpha value is -3.21. The minimum atomic E-state index is -4.63. The molecule has 0 spiro atoms. The van der Waals surface area contributed by atoms with Gasteiger partial charge in [0.25, 0.3) is 0 Å². The fourth-order valence-electron chi connectivity index (χ4n) is 4.49. The molecule has 0 saturated heterocycles. The second kappa shape index (κ2) is 10.6. The average molecular weight is 538 g/mol. The lowest BCUT2D eigenvalue weighted by Crippen LogP contribution is -2.28. The van der Waals surface area contributed by atoms with Gasteiger partial charge in [-0.15, -0.1) is 0 Å². The van der Waals surface area contributed by atoms with Gasteiger partial charge < -0.3 is 9.47 Å². The van der Waals surface area contributed by atoms with E-state index in [1.54, 1.807) is 0 Å². The number of halogens is 4. The third kappa shape index (κ3) is 6.38. The van der Waals surface area contributed by atoms with Crippen molar-refractivity contribution in [2.75, 3.05) is 24.2 Å². The predicted molar refractivity (Wildman–Crippen MR) is 134 cm³/mol. The van der Waals surface area contributed by atoms with Crippen LogP contribution in [0.5, 0.6) is 11.8 Å². The molecule has 0 radical (unpaired) electrons. The van der Waals surface area contributed by atoms with E-state index in [1.165, 1.54) is 42.6 Å². The lowest BCUT2D eigenvalue weighted by molar-refractivity contribution is -0.105. The number of nitrogens with one attached hydrogen (secondary N) is 1. The number of alkyl halides is 3. The van der Waals surface area contributed by atoms with Crippen LogP contribution in [0.4, 0.5) is 23.2 Å². The van der Waals surface area contributed by atoms with Gasteiger partial charge in [-0.3, -0.25) is 4.72 Å². The number of ether oxygens (including phenoxy) is 2. The molecule has 1 aliphatic rings. The second-order valence-corrected chi connectivity index (χ2v) is 10.7. The standard InChI is InChI=1S/C26H27F4N3O3S/c1-25(2)11-10-16(18-6-4-5-7-19(18)25)14-36-22-9-8-20(27)23(32-22)17-12-21(24(35-3)31-13-17)33-37(34)15-26(28,29)30/h4-9,12-13,16,33H,10-11,14-15H2,1-3H3. The Kier molecular flexibility index (Phi) is 7.72. The maximum atomic E-state index is 14.7. The van der Waals surface area contributed by atoms with Crippen LogP contribution in [0.1, 0.15) is 43.7 Å². The van der Waals surface area contributed by atoms with Crippen molar-refractivity contribution in [3.05, 3.63) is 65.6 Å². The molecule has 0 amide bonds. The van der Waals surface area contributed by atoms with E-state index in [0.717, 1.165) is 12.8 Å². The zero-order valence-electron chi connectivity index (χ0n) is 20.6. The summed E-state index contributed by atoms with van der Waals surface area (Å²) in [6.07, 6.45) is -1.43. The van der Waals surface area contributed by atoms with Gasteiger partial charge in [0.1, 0.15) is 33.9 Å². The second-order valence-electron chi connectivity index (χ2n) is 9.49. The van der Waals surface area contributed by atoms with Crippen LogP contribution in [0.25, 0.3) is 11.3 Å². The number of hydrogen-bond acceptors (Lipinski definition) is 5. The molecule has 2 atom stereocenters. The summed E-state index contributed by atoms with van der Waals surface area (Å²) in [6.45, 7) is 4.80. The van der Waals surface area contributed by atoms with Crippen molar-refractivity contribution in [1.29, 1.82) is 0 Å². The summed E-state index contributed by atoms with van der Waals surface area (Å²) in [6, 6.07) is 12.2. The Bertz CT molecular complexity index is 1300. The molecule has 0 saturated carbocycles. The van der Waals surface area contributed by atoms with Crippen LogP contribution in [0.15, 0.2) is 48.7 Å². The van der Waals surface area contributed by atoms with E-state index in [2.05, 4.69) is 40.7 Å². The van der Waals surface area contributed by atoms with E-state index >= 15 is 0 Å². The molecule has 3 aromatic rings. The summed E-state index contributed by atoms with van der Waals surface area (Å²) in [5.41, 5.74) is 2.54. The topological polar surface area (TPSA) is 73.3 Å². The fourth-order valence-corrected chi connectivity index (χ4v) is 5.25. The van der Waals surface area contributed by atoms with Crippen molar-refractivity contribution in [3.63, 3.8) is 0 Å². The van der Waals surface area contributed by atoms with E-state index in [0.29, 0.717) is 6.61 Å². The third-order valence-corrected chi connectivity index (χ3v) is 7.37. The van der Waals surface area contributed by atoms with Gasteiger partial charge in [0.15, 0.2) is 0 Å². The molecule has 0 aliphatic heterocycles. The molecule has 2 heterocycles. The fraction of sp³-hybridized carbons (Fsp3) is 0.385. The van der Waals surface area contributed by atoms with E-state index in [-0.39, 0.29) is 40.0 Å². The number of pyridine rings is 2. The van der Waals surface area contributed by atoms with Crippen molar-refractivity contribution in [3.8, 4) is 23.0 Å². The van der Waals surface area contributed by atoms with Crippen LogP contribution in [0.3, 0.4) is 0 Å². The predicted octanol–water partition coefficient (Wildman–Crippen LogP) is 6.16. The van der Waals surface area contributed by atoms with Crippen LogP contribution in [-0.2, 0) is 16.4 Å². The number of rotatable bonds is 8. The number of fused-ring (bicyclic) bond motifs is 1. The minimum absolute atomic E-state index is 0.0747. The average Bonchev–Trinajstić information content (AvgIpc) is 2.83. The highest BCUT2D eigenvalue weighted by atomic mass is 32.2. The van der Waals surface area contributed by atoms with Gasteiger partial charge in [0.05, 0.1) is 13.7 Å². The van der Waals surface area contributed by atoms with Crippen LogP contribution in [0.2, 0.25) is 0 Å². The largest absolute Gasteiger partial charge is 0.480 e. The summed E-state index contributed by atoms with van der Waals surface area (Å²) in [7, 11) is -1.23. The van der Waals surface area contributed by atoms with Gasteiger partial charge in [-0.05, 0) is 41.5 Å². The Morgan fingerprint density at radius 3 is 2.68 bits per heavy atom. The van der Waals surface area contributed by atoms with Gasteiger partial charge in [0.2, 0.25) is 11.8 Å². The van der Waals surface area contributed by atoms with Gasteiger partial charge in [-0.2, -0.15) is 13.2 Å².